The number of hydrogen-bond acceptors (Lipinski definition) is 3. The van der Waals surface area contributed by atoms with Gasteiger partial charge in [-0.25, -0.2) is 4.39 Å². The highest BCUT2D eigenvalue weighted by Gasteiger charge is 2.22. The van der Waals surface area contributed by atoms with Gasteiger partial charge in [-0.1, -0.05) is 48.7 Å². The molecule has 2 aromatic rings. The Hall–Kier alpha value is -1.07. The van der Waals surface area contributed by atoms with Crippen LogP contribution in [0, 0.1) is 5.82 Å². The third kappa shape index (κ3) is 3.89. The molecule has 0 spiro atoms. The molecular weight excluding hydrogens is 333 g/mol. The van der Waals surface area contributed by atoms with Crippen LogP contribution in [0.3, 0.4) is 0 Å². The second-order valence-corrected chi connectivity index (χ2v) is 7.29. The highest BCUT2D eigenvalue weighted by molar-refractivity contribution is 7.98. The van der Waals surface area contributed by atoms with Crippen molar-refractivity contribution in [3.05, 3.63) is 40.4 Å². The highest BCUT2D eigenvalue weighted by atomic mass is 35.5. The fraction of sp³-hybridized carbons (Fsp3) is 0.529. The first-order valence-corrected chi connectivity index (χ1v) is 9.55. The summed E-state index contributed by atoms with van der Waals surface area (Å²) in [6.45, 7) is 3.00. The standard InChI is InChI=1S/C17H21ClFN3S/c1-2-22-16(12-6-4-3-5-7-12)20-21-17(22)23-11-13-8-9-14(19)10-15(13)18/h8-10,12H,2-7,11H2,1H3. The third-order valence-corrected chi connectivity index (χ3v) is 5.77. The Kier molecular flexibility index (Phi) is 5.59. The summed E-state index contributed by atoms with van der Waals surface area (Å²) < 4.78 is 15.3. The number of hydrogen-bond donors (Lipinski definition) is 0. The summed E-state index contributed by atoms with van der Waals surface area (Å²) in [6.07, 6.45) is 6.34. The molecule has 3 nitrogen and oxygen atoms in total. The Labute approximate surface area is 145 Å². The Balaban J connectivity index is 1.73. The van der Waals surface area contributed by atoms with E-state index in [0.717, 1.165) is 23.1 Å². The molecular formula is C17H21ClFN3S. The summed E-state index contributed by atoms with van der Waals surface area (Å²) >= 11 is 7.71. The molecule has 1 saturated carbocycles. The predicted molar refractivity (Wildman–Crippen MR) is 92.5 cm³/mol. The zero-order valence-electron chi connectivity index (χ0n) is 13.3. The van der Waals surface area contributed by atoms with Gasteiger partial charge in [0.2, 0.25) is 0 Å². The lowest BCUT2D eigenvalue weighted by Gasteiger charge is -2.21. The molecule has 0 aliphatic heterocycles. The van der Waals surface area contributed by atoms with E-state index in [-0.39, 0.29) is 5.82 Å². The van der Waals surface area contributed by atoms with Crippen LogP contribution in [0.2, 0.25) is 5.02 Å². The first-order chi connectivity index (χ1) is 11.2. The van der Waals surface area contributed by atoms with Crippen LogP contribution in [0.25, 0.3) is 0 Å². The van der Waals surface area contributed by atoms with Gasteiger partial charge in [-0.2, -0.15) is 0 Å². The zero-order chi connectivity index (χ0) is 16.2. The summed E-state index contributed by atoms with van der Waals surface area (Å²) in [4.78, 5) is 0. The van der Waals surface area contributed by atoms with E-state index in [1.807, 2.05) is 0 Å². The summed E-state index contributed by atoms with van der Waals surface area (Å²) in [5.41, 5.74) is 0.919. The topological polar surface area (TPSA) is 30.7 Å². The maximum absolute atomic E-state index is 13.1. The van der Waals surface area contributed by atoms with E-state index in [2.05, 4.69) is 21.7 Å². The molecule has 0 atom stereocenters. The van der Waals surface area contributed by atoms with Crippen molar-refractivity contribution in [2.24, 2.45) is 0 Å². The molecule has 1 aromatic heterocycles. The zero-order valence-corrected chi connectivity index (χ0v) is 14.8. The number of aromatic nitrogens is 3. The van der Waals surface area contributed by atoms with Gasteiger partial charge in [0.05, 0.1) is 0 Å². The fourth-order valence-electron chi connectivity index (χ4n) is 3.15. The molecule has 23 heavy (non-hydrogen) atoms. The van der Waals surface area contributed by atoms with Gasteiger partial charge in [-0.05, 0) is 37.5 Å². The normalized spacial score (nSPS) is 16.0. The van der Waals surface area contributed by atoms with E-state index in [4.69, 9.17) is 11.6 Å². The van der Waals surface area contributed by atoms with Crippen LogP contribution in [0.4, 0.5) is 4.39 Å². The molecule has 0 unspecified atom stereocenters. The minimum absolute atomic E-state index is 0.306. The first-order valence-electron chi connectivity index (χ1n) is 8.19. The van der Waals surface area contributed by atoms with Gasteiger partial charge in [0, 0.05) is 23.2 Å². The Morgan fingerprint density at radius 3 is 2.74 bits per heavy atom. The molecule has 1 aliphatic carbocycles. The number of benzene rings is 1. The van der Waals surface area contributed by atoms with E-state index < -0.39 is 0 Å². The van der Waals surface area contributed by atoms with Crippen molar-refractivity contribution in [2.75, 3.05) is 0 Å². The van der Waals surface area contributed by atoms with Gasteiger partial charge in [0.25, 0.3) is 0 Å². The molecule has 0 amide bonds. The Morgan fingerprint density at radius 2 is 2.04 bits per heavy atom. The minimum Gasteiger partial charge on any atom is -0.306 e. The van der Waals surface area contributed by atoms with Crippen LogP contribution < -0.4 is 0 Å². The Bertz CT molecular complexity index is 668. The van der Waals surface area contributed by atoms with E-state index in [9.17, 15) is 4.39 Å². The molecule has 6 heteroatoms. The van der Waals surface area contributed by atoms with Crippen molar-refractivity contribution in [1.82, 2.24) is 14.8 Å². The van der Waals surface area contributed by atoms with Crippen molar-refractivity contribution in [3.8, 4) is 0 Å². The van der Waals surface area contributed by atoms with Gasteiger partial charge < -0.3 is 4.57 Å². The van der Waals surface area contributed by atoms with E-state index in [0.29, 0.717) is 16.7 Å². The monoisotopic (exact) mass is 353 g/mol. The van der Waals surface area contributed by atoms with Crippen LogP contribution >= 0.6 is 23.4 Å². The number of rotatable bonds is 5. The summed E-state index contributed by atoms with van der Waals surface area (Å²) in [7, 11) is 0. The smallest absolute Gasteiger partial charge is 0.191 e. The minimum atomic E-state index is -0.306. The molecule has 1 aliphatic rings. The number of nitrogens with zero attached hydrogens (tertiary/aromatic N) is 3. The fourth-order valence-corrected chi connectivity index (χ4v) is 4.47. The molecule has 1 fully saturated rings. The van der Waals surface area contributed by atoms with E-state index in [1.165, 1.54) is 44.2 Å². The van der Waals surface area contributed by atoms with Crippen molar-refractivity contribution in [2.45, 2.75) is 62.4 Å². The molecule has 0 radical (unpaired) electrons. The van der Waals surface area contributed by atoms with Crippen molar-refractivity contribution >= 4 is 23.4 Å². The van der Waals surface area contributed by atoms with Crippen LogP contribution in [0.5, 0.6) is 0 Å². The summed E-state index contributed by atoms with van der Waals surface area (Å²) in [6, 6.07) is 4.54. The van der Waals surface area contributed by atoms with Crippen molar-refractivity contribution in [1.29, 1.82) is 0 Å². The average molecular weight is 354 g/mol. The molecule has 124 valence electrons. The lowest BCUT2D eigenvalue weighted by Crippen LogP contribution is -2.12. The summed E-state index contributed by atoms with van der Waals surface area (Å²) in [5, 5.41) is 10.2. The third-order valence-electron chi connectivity index (χ3n) is 4.40. The van der Waals surface area contributed by atoms with Crippen LogP contribution in [-0.4, -0.2) is 14.8 Å². The highest BCUT2D eigenvalue weighted by Crippen LogP contribution is 2.34. The van der Waals surface area contributed by atoms with E-state index >= 15 is 0 Å². The first kappa shape index (κ1) is 16.8. The lowest BCUT2D eigenvalue weighted by molar-refractivity contribution is 0.413. The van der Waals surface area contributed by atoms with Crippen LogP contribution in [-0.2, 0) is 12.3 Å². The molecule has 0 bridgehead atoms. The van der Waals surface area contributed by atoms with E-state index in [1.54, 1.807) is 17.8 Å². The van der Waals surface area contributed by atoms with Crippen molar-refractivity contribution in [3.63, 3.8) is 0 Å². The van der Waals surface area contributed by atoms with Crippen molar-refractivity contribution < 1.29 is 4.39 Å². The molecule has 1 heterocycles. The van der Waals surface area contributed by atoms with Gasteiger partial charge >= 0.3 is 0 Å². The predicted octanol–water partition coefficient (Wildman–Crippen LogP) is 5.43. The molecule has 1 aromatic carbocycles. The maximum atomic E-state index is 13.1. The van der Waals surface area contributed by atoms with Crippen LogP contribution in [0.15, 0.2) is 23.4 Å². The maximum Gasteiger partial charge on any atom is 0.191 e. The van der Waals surface area contributed by atoms with Gasteiger partial charge in [-0.15, -0.1) is 10.2 Å². The van der Waals surface area contributed by atoms with Gasteiger partial charge in [0.15, 0.2) is 5.16 Å². The average Bonchev–Trinajstić information content (AvgIpc) is 2.98. The largest absolute Gasteiger partial charge is 0.306 e. The quantitative estimate of drug-likeness (QED) is 0.671. The van der Waals surface area contributed by atoms with Gasteiger partial charge in [0.1, 0.15) is 11.6 Å². The SMILES string of the molecule is CCn1c(SCc2ccc(F)cc2Cl)nnc1C1CCCCC1. The second kappa shape index (κ2) is 7.67. The van der Waals surface area contributed by atoms with Gasteiger partial charge in [-0.3, -0.25) is 0 Å². The molecule has 3 rings (SSSR count). The van der Waals surface area contributed by atoms with Crippen LogP contribution in [0.1, 0.15) is 56.3 Å². The molecule has 0 saturated heterocycles. The number of halogens is 2. The lowest BCUT2D eigenvalue weighted by atomic mass is 9.89. The molecule has 0 N–H and O–H groups in total. The second-order valence-electron chi connectivity index (χ2n) is 5.94. The summed E-state index contributed by atoms with van der Waals surface area (Å²) in [5.74, 6) is 2.03. The Morgan fingerprint density at radius 1 is 1.26 bits per heavy atom. The number of thioether (sulfide) groups is 1.